The first-order valence-electron chi connectivity index (χ1n) is 2.71. The number of hydrogen-bond donors (Lipinski definition) is 0. The molecule has 0 aromatic rings. The molecule has 0 saturated heterocycles. The molecule has 1 unspecified atom stereocenters. The van der Waals surface area contributed by atoms with E-state index in [-0.39, 0.29) is 0 Å². The van der Waals surface area contributed by atoms with Crippen LogP contribution in [0.3, 0.4) is 0 Å². The number of allylic oxidation sites excluding steroid dienone is 4. The lowest BCUT2D eigenvalue weighted by Crippen LogP contribution is -2.13. The van der Waals surface area contributed by atoms with Crippen LogP contribution in [0.15, 0.2) is 24.3 Å². The Kier molecular flexibility index (Phi) is 1.73. The van der Waals surface area contributed by atoms with Crippen molar-refractivity contribution in [1.29, 1.82) is 5.26 Å². The van der Waals surface area contributed by atoms with Crippen LogP contribution in [-0.4, -0.2) is 4.32 Å². The molecule has 0 aromatic carbocycles. The van der Waals surface area contributed by atoms with Crippen LogP contribution in [0, 0.1) is 11.3 Å². The van der Waals surface area contributed by atoms with E-state index in [0.29, 0.717) is 0 Å². The number of nitriles is 1. The maximum absolute atomic E-state index is 8.57. The van der Waals surface area contributed by atoms with Crippen molar-refractivity contribution in [2.24, 2.45) is 0 Å². The molecule has 0 saturated carbocycles. The Labute approximate surface area is 62.8 Å². The molecule has 1 aliphatic rings. The van der Waals surface area contributed by atoms with E-state index in [9.17, 15) is 0 Å². The Morgan fingerprint density at radius 1 is 1.56 bits per heavy atom. The molecule has 1 aliphatic carbocycles. The summed E-state index contributed by atoms with van der Waals surface area (Å²) in [6.07, 6.45) is 8.41. The van der Waals surface area contributed by atoms with Gasteiger partial charge in [-0.3, -0.25) is 0 Å². The quantitative estimate of drug-likeness (QED) is 0.529. The average molecular weight is 184 g/mol. The lowest BCUT2D eigenvalue weighted by molar-refractivity contribution is 0.914. The Balaban J connectivity index is 2.77. The fourth-order valence-corrected chi connectivity index (χ4v) is 1.02. The van der Waals surface area contributed by atoms with E-state index in [4.69, 9.17) is 5.26 Å². The van der Waals surface area contributed by atoms with Crippen LogP contribution in [0.2, 0.25) is 0 Å². The second-order valence-electron chi connectivity index (χ2n) is 1.97. The molecule has 0 N–H and O–H groups in total. The highest BCUT2D eigenvalue weighted by molar-refractivity contribution is 9.10. The minimum atomic E-state index is -0.429. The van der Waals surface area contributed by atoms with Gasteiger partial charge in [0.2, 0.25) is 0 Å². The highest BCUT2D eigenvalue weighted by atomic mass is 79.9. The van der Waals surface area contributed by atoms with Crippen molar-refractivity contribution >= 4 is 15.9 Å². The average Bonchev–Trinajstić information content (AvgIpc) is 1.90. The van der Waals surface area contributed by atoms with Gasteiger partial charge in [0.25, 0.3) is 0 Å². The molecule has 0 amide bonds. The molecule has 0 bridgehead atoms. The van der Waals surface area contributed by atoms with Gasteiger partial charge in [-0.25, -0.2) is 0 Å². The summed E-state index contributed by atoms with van der Waals surface area (Å²) in [7, 11) is 0. The summed E-state index contributed by atoms with van der Waals surface area (Å²) in [5.74, 6) is 0. The summed E-state index contributed by atoms with van der Waals surface area (Å²) in [6.45, 7) is 0. The van der Waals surface area contributed by atoms with Crippen LogP contribution < -0.4 is 0 Å². The monoisotopic (exact) mass is 183 g/mol. The first kappa shape index (κ1) is 6.57. The summed E-state index contributed by atoms with van der Waals surface area (Å²) < 4.78 is -0.429. The van der Waals surface area contributed by atoms with Gasteiger partial charge in [-0.05, 0) is 6.42 Å². The van der Waals surface area contributed by atoms with Crippen LogP contribution in [0.5, 0.6) is 0 Å². The second kappa shape index (κ2) is 2.36. The number of rotatable bonds is 0. The van der Waals surface area contributed by atoms with Crippen molar-refractivity contribution in [1.82, 2.24) is 0 Å². The fraction of sp³-hybridized carbons (Fsp3) is 0.286. The number of nitrogens with zero attached hydrogens (tertiary/aromatic N) is 1. The van der Waals surface area contributed by atoms with Crippen LogP contribution >= 0.6 is 15.9 Å². The standard InChI is InChI=1S/C7H6BrN/c8-7(6-9)4-2-1-3-5-7/h1-4H,5H2. The first-order chi connectivity index (χ1) is 4.27. The zero-order valence-electron chi connectivity index (χ0n) is 4.84. The van der Waals surface area contributed by atoms with E-state index >= 15 is 0 Å². The Morgan fingerprint density at radius 3 is 2.67 bits per heavy atom. The lowest BCUT2D eigenvalue weighted by Gasteiger charge is -2.13. The molecule has 46 valence electrons. The second-order valence-corrected chi connectivity index (χ2v) is 3.38. The Hall–Kier alpha value is -0.550. The predicted molar refractivity (Wildman–Crippen MR) is 40.2 cm³/mol. The third-order valence-corrected chi connectivity index (χ3v) is 1.97. The van der Waals surface area contributed by atoms with Gasteiger partial charge in [0.1, 0.15) is 4.32 Å². The van der Waals surface area contributed by atoms with Gasteiger partial charge < -0.3 is 0 Å². The molecule has 0 spiro atoms. The van der Waals surface area contributed by atoms with Gasteiger partial charge in [-0.1, -0.05) is 40.2 Å². The van der Waals surface area contributed by atoms with Crippen molar-refractivity contribution in [3.8, 4) is 6.07 Å². The molecule has 1 atom stereocenters. The SMILES string of the molecule is N#CC1(Br)C=CC=CC1. The lowest BCUT2D eigenvalue weighted by atomic mass is 10.0. The zero-order chi connectivity index (χ0) is 6.74. The molecule has 0 radical (unpaired) electrons. The van der Waals surface area contributed by atoms with Crippen molar-refractivity contribution in [2.45, 2.75) is 10.7 Å². The molecule has 0 heterocycles. The van der Waals surface area contributed by atoms with E-state index in [1.54, 1.807) is 0 Å². The van der Waals surface area contributed by atoms with Crippen LogP contribution in [-0.2, 0) is 0 Å². The van der Waals surface area contributed by atoms with Gasteiger partial charge >= 0.3 is 0 Å². The van der Waals surface area contributed by atoms with Crippen molar-refractivity contribution in [3.05, 3.63) is 24.3 Å². The maximum Gasteiger partial charge on any atom is 0.134 e. The minimum absolute atomic E-state index is 0.429. The van der Waals surface area contributed by atoms with Crippen LogP contribution in [0.1, 0.15) is 6.42 Å². The number of halogens is 1. The van der Waals surface area contributed by atoms with Gasteiger partial charge in [-0.15, -0.1) is 0 Å². The maximum atomic E-state index is 8.57. The van der Waals surface area contributed by atoms with Crippen LogP contribution in [0.25, 0.3) is 0 Å². The highest BCUT2D eigenvalue weighted by Crippen LogP contribution is 2.26. The van der Waals surface area contributed by atoms with Crippen molar-refractivity contribution in [2.75, 3.05) is 0 Å². The largest absolute Gasteiger partial charge is 0.196 e. The number of alkyl halides is 1. The Morgan fingerprint density at radius 2 is 2.33 bits per heavy atom. The normalized spacial score (nSPS) is 32.0. The summed E-state index contributed by atoms with van der Waals surface area (Å²) in [4.78, 5) is 0. The van der Waals surface area contributed by atoms with Crippen molar-refractivity contribution < 1.29 is 0 Å². The van der Waals surface area contributed by atoms with Gasteiger partial charge in [-0.2, -0.15) is 5.26 Å². The summed E-state index contributed by atoms with van der Waals surface area (Å²) in [5.41, 5.74) is 0. The molecular formula is C7H6BrN. The van der Waals surface area contributed by atoms with Gasteiger partial charge in [0.15, 0.2) is 0 Å². The molecule has 0 fully saturated rings. The van der Waals surface area contributed by atoms with Crippen molar-refractivity contribution in [3.63, 3.8) is 0 Å². The molecule has 1 rings (SSSR count). The fourth-order valence-electron chi connectivity index (χ4n) is 0.677. The van der Waals surface area contributed by atoms with E-state index in [0.717, 1.165) is 6.42 Å². The minimum Gasteiger partial charge on any atom is -0.196 e. The van der Waals surface area contributed by atoms with E-state index < -0.39 is 4.32 Å². The summed E-state index contributed by atoms with van der Waals surface area (Å²) in [6, 6.07) is 2.16. The highest BCUT2D eigenvalue weighted by Gasteiger charge is 2.21. The third-order valence-electron chi connectivity index (χ3n) is 1.21. The topological polar surface area (TPSA) is 23.8 Å². The molecule has 0 aromatic heterocycles. The molecule has 0 aliphatic heterocycles. The first-order valence-corrected chi connectivity index (χ1v) is 3.51. The molecule has 1 nitrogen and oxygen atoms in total. The smallest absolute Gasteiger partial charge is 0.134 e. The van der Waals surface area contributed by atoms with E-state index in [1.165, 1.54) is 0 Å². The Bertz CT molecular complexity index is 199. The molecule has 9 heavy (non-hydrogen) atoms. The summed E-state index contributed by atoms with van der Waals surface area (Å²) in [5, 5.41) is 8.57. The summed E-state index contributed by atoms with van der Waals surface area (Å²) >= 11 is 3.30. The molecule has 2 heteroatoms. The van der Waals surface area contributed by atoms with Gasteiger partial charge in [0.05, 0.1) is 6.07 Å². The van der Waals surface area contributed by atoms with Crippen LogP contribution in [0.4, 0.5) is 0 Å². The van der Waals surface area contributed by atoms with Gasteiger partial charge in [0, 0.05) is 0 Å². The third kappa shape index (κ3) is 1.43. The number of hydrogen-bond acceptors (Lipinski definition) is 1. The molecular weight excluding hydrogens is 178 g/mol. The van der Waals surface area contributed by atoms with E-state index in [2.05, 4.69) is 22.0 Å². The zero-order valence-corrected chi connectivity index (χ0v) is 6.43. The van der Waals surface area contributed by atoms with E-state index in [1.807, 2.05) is 24.3 Å². The predicted octanol–water partition coefficient (Wildman–Crippen LogP) is 2.16.